The number of carbonyl (C=O) groups excluding carboxylic acids is 1. The highest BCUT2D eigenvalue weighted by atomic mass is 33.1. The van der Waals surface area contributed by atoms with Gasteiger partial charge in [0.2, 0.25) is 0 Å². The third kappa shape index (κ3) is 4.46. The molecule has 0 spiro atoms. The largest absolute Gasteiger partial charge is 0.376 e. The van der Waals surface area contributed by atoms with Crippen LogP contribution in [-0.4, -0.2) is 30.1 Å². The van der Waals surface area contributed by atoms with E-state index in [9.17, 15) is 4.79 Å². The number of nitrogens with one attached hydrogen (secondary N) is 1. The van der Waals surface area contributed by atoms with Crippen molar-refractivity contribution in [2.75, 3.05) is 13.2 Å². The van der Waals surface area contributed by atoms with Crippen LogP contribution in [0.1, 0.15) is 23.2 Å². The van der Waals surface area contributed by atoms with E-state index < -0.39 is 0 Å². The Morgan fingerprint density at radius 1 is 1.11 bits per heavy atom. The highest BCUT2D eigenvalue weighted by molar-refractivity contribution is 8.76. The Bertz CT molecular complexity index is 928. The lowest BCUT2D eigenvalue weighted by Gasteiger charge is -2.13. The summed E-state index contributed by atoms with van der Waals surface area (Å²) in [4.78, 5) is 19.5. The van der Waals surface area contributed by atoms with Gasteiger partial charge in [0, 0.05) is 40.1 Å². The first-order valence-electron chi connectivity index (χ1n) is 8.98. The summed E-state index contributed by atoms with van der Waals surface area (Å²) in [6, 6.07) is 17.9. The summed E-state index contributed by atoms with van der Waals surface area (Å²) in [6.45, 7) is 1.35. The van der Waals surface area contributed by atoms with Gasteiger partial charge in [-0.15, -0.1) is 0 Å². The molecule has 138 valence electrons. The average molecular weight is 397 g/mol. The van der Waals surface area contributed by atoms with Gasteiger partial charge < -0.3 is 10.1 Å². The van der Waals surface area contributed by atoms with Gasteiger partial charge in [-0.25, -0.2) is 0 Å². The first kappa shape index (κ1) is 18.3. The summed E-state index contributed by atoms with van der Waals surface area (Å²) in [7, 11) is 3.35. The van der Waals surface area contributed by atoms with Crippen molar-refractivity contribution in [2.24, 2.45) is 0 Å². The van der Waals surface area contributed by atoms with Crippen molar-refractivity contribution >= 4 is 38.4 Å². The van der Waals surface area contributed by atoms with Crippen molar-refractivity contribution in [3.63, 3.8) is 0 Å². The van der Waals surface area contributed by atoms with Crippen molar-refractivity contribution in [1.29, 1.82) is 0 Å². The summed E-state index contributed by atoms with van der Waals surface area (Å²) >= 11 is 0. The Kier molecular flexibility index (Phi) is 5.97. The number of nitrogens with zero attached hydrogens (tertiary/aromatic N) is 1. The van der Waals surface area contributed by atoms with E-state index in [1.54, 1.807) is 27.8 Å². The van der Waals surface area contributed by atoms with Gasteiger partial charge in [-0.3, -0.25) is 9.78 Å². The highest BCUT2D eigenvalue weighted by Gasteiger charge is 2.18. The smallest absolute Gasteiger partial charge is 0.252 e. The first-order chi connectivity index (χ1) is 13.3. The molecule has 1 unspecified atom stereocenters. The van der Waals surface area contributed by atoms with Crippen LogP contribution in [0.4, 0.5) is 0 Å². The van der Waals surface area contributed by atoms with E-state index in [2.05, 4.69) is 22.4 Å². The van der Waals surface area contributed by atoms with Gasteiger partial charge >= 0.3 is 0 Å². The molecule has 1 aromatic heterocycles. The molecule has 2 heterocycles. The van der Waals surface area contributed by atoms with Crippen LogP contribution >= 0.6 is 21.6 Å². The molecule has 1 saturated heterocycles. The van der Waals surface area contributed by atoms with Gasteiger partial charge in [-0.05, 0) is 43.2 Å². The molecule has 0 saturated carbocycles. The van der Waals surface area contributed by atoms with Crippen molar-refractivity contribution in [1.82, 2.24) is 10.3 Å². The van der Waals surface area contributed by atoms with Gasteiger partial charge in [0.1, 0.15) is 0 Å². The zero-order valence-electron chi connectivity index (χ0n) is 14.8. The Hall–Kier alpha value is -2.02. The molecule has 1 aliphatic heterocycles. The molecule has 0 bridgehead atoms. The summed E-state index contributed by atoms with van der Waals surface area (Å²) in [6.07, 6.45) is 3.98. The van der Waals surface area contributed by atoms with Crippen molar-refractivity contribution in [3.8, 4) is 0 Å². The molecule has 27 heavy (non-hydrogen) atoms. The van der Waals surface area contributed by atoms with Crippen molar-refractivity contribution in [2.45, 2.75) is 28.7 Å². The first-order valence-corrected chi connectivity index (χ1v) is 11.1. The van der Waals surface area contributed by atoms with Gasteiger partial charge in [0.15, 0.2) is 0 Å². The topological polar surface area (TPSA) is 51.2 Å². The monoisotopic (exact) mass is 396 g/mol. The zero-order valence-corrected chi connectivity index (χ0v) is 16.4. The SMILES string of the molecule is O=C(NCC1CCCO1)c1ccc(SSc2ccccc2)c2ncccc12. The number of ether oxygens (including phenoxy) is 1. The fraction of sp³-hybridized carbons (Fsp3) is 0.238. The molecule has 4 rings (SSSR count). The van der Waals surface area contributed by atoms with Crippen molar-refractivity contribution in [3.05, 3.63) is 66.4 Å². The van der Waals surface area contributed by atoms with Crippen LogP contribution in [0, 0.1) is 0 Å². The molecule has 2 aromatic carbocycles. The molecular weight excluding hydrogens is 376 g/mol. The van der Waals surface area contributed by atoms with Gasteiger partial charge in [-0.2, -0.15) is 0 Å². The number of amides is 1. The molecule has 1 N–H and O–H groups in total. The molecule has 4 nitrogen and oxygen atoms in total. The number of fused-ring (bicyclic) bond motifs is 1. The molecule has 1 fully saturated rings. The number of benzene rings is 2. The molecule has 1 aliphatic rings. The van der Waals surface area contributed by atoms with Crippen LogP contribution in [0.5, 0.6) is 0 Å². The van der Waals surface area contributed by atoms with E-state index >= 15 is 0 Å². The number of hydrogen-bond acceptors (Lipinski definition) is 5. The lowest BCUT2D eigenvalue weighted by atomic mass is 10.1. The zero-order chi connectivity index (χ0) is 18.5. The molecular formula is C21H20N2O2S2. The minimum Gasteiger partial charge on any atom is -0.376 e. The number of hydrogen-bond donors (Lipinski definition) is 1. The summed E-state index contributed by atoms with van der Waals surface area (Å²) < 4.78 is 5.59. The van der Waals surface area contributed by atoms with Gasteiger partial charge in [0.05, 0.1) is 11.6 Å². The third-order valence-electron chi connectivity index (χ3n) is 4.46. The quantitative estimate of drug-likeness (QED) is 0.598. The predicted octanol–water partition coefficient (Wildman–Crippen LogP) is 4.94. The fourth-order valence-corrected chi connectivity index (χ4v) is 5.20. The molecule has 0 aliphatic carbocycles. The fourth-order valence-electron chi connectivity index (χ4n) is 3.09. The lowest BCUT2D eigenvalue weighted by molar-refractivity contribution is 0.0859. The predicted molar refractivity (Wildman–Crippen MR) is 111 cm³/mol. The van der Waals surface area contributed by atoms with Crippen LogP contribution < -0.4 is 5.32 Å². The van der Waals surface area contributed by atoms with Crippen LogP contribution in [0.15, 0.2) is 70.6 Å². The molecule has 0 radical (unpaired) electrons. The van der Waals surface area contributed by atoms with Gasteiger partial charge in [0.25, 0.3) is 5.91 Å². The number of pyridine rings is 1. The van der Waals surface area contributed by atoms with E-state index in [1.807, 2.05) is 42.5 Å². The second-order valence-electron chi connectivity index (χ2n) is 6.34. The van der Waals surface area contributed by atoms with E-state index in [1.165, 1.54) is 4.90 Å². The molecule has 1 atom stereocenters. The second-order valence-corrected chi connectivity index (χ2v) is 8.58. The Morgan fingerprint density at radius 3 is 2.81 bits per heavy atom. The van der Waals surface area contributed by atoms with Crippen molar-refractivity contribution < 1.29 is 9.53 Å². The third-order valence-corrected chi connectivity index (χ3v) is 6.89. The summed E-state index contributed by atoms with van der Waals surface area (Å²) in [5, 5.41) is 3.88. The van der Waals surface area contributed by atoms with Gasteiger partial charge in [-0.1, -0.05) is 45.9 Å². The van der Waals surface area contributed by atoms with Crippen LogP contribution in [0.2, 0.25) is 0 Å². The lowest BCUT2D eigenvalue weighted by Crippen LogP contribution is -2.31. The minimum absolute atomic E-state index is 0.0734. The molecule has 1 amide bonds. The maximum Gasteiger partial charge on any atom is 0.252 e. The standard InChI is InChI=1S/C21H20N2O2S2/c24-21(23-14-15-6-5-13-25-15)18-10-11-19(20-17(18)9-4-12-22-20)27-26-16-7-2-1-3-8-16/h1-4,7-12,15H,5-6,13-14H2,(H,23,24). The van der Waals surface area contributed by atoms with E-state index in [0.29, 0.717) is 12.1 Å². The average Bonchev–Trinajstić information content (AvgIpc) is 3.24. The Labute approximate surface area is 166 Å². The van der Waals surface area contributed by atoms with E-state index in [-0.39, 0.29) is 12.0 Å². The molecule has 6 heteroatoms. The van der Waals surface area contributed by atoms with Crippen LogP contribution in [-0.2, 0) is 4.74 Å². The van der Waals surface area contributed by atoms with E-state index in [0.717, 1.165) is 35.2 Å². The van der Waals surface area contributed by atoms with Crippen LogP contribution in [0.25, 0.3) is 10.9 Å². The minimum atomic E-state index is -0.0734. The summed E-state index contributed by atoms with van der Waals surface area (Å²) in [5.74, 6) is -0.0734. The normalized spacial score (nSPS) is 16.5. The Morgan fingerprint density at radius 2 is 2.00 bits per heavy atom. The molecule has 3 aromatic rings. The number of rotatable bonds is 6. The summed E-state index contributed by atoms with van der Waals surface area (Å²) in [5.41, 5.74) is 1.51. The maximum atomic E-state index is 12.7. The Balaban J connectivity index is 1.53. The number of aromatic nitrogens is 1. The maximum absolute atomic E-state index is 12.7. The second kappa shape index (κ2) is 8.78. The number of carbonyl (C=O) groups is 1. The highest BCUT2D eigenvalue weighted by Crippen LogP contribution is 2.40. The van der Waals surface area contributed by atoms with E-state index in [4.69, 9.17) is 4.74 Å². The van der Waals surface area contributed by atoms with Crippen LogP contribution in [0.3, 0.4) is 0 Å².